The monoisotopic (exact) mass is 335 g/mol. The van der Waals surface area contributed by atoms with Crippen molar-refractivity contribution >= 4 is 39.7 Å². The van der Waals surface area contributed by atoms with Crippen LogP contribution < -0.4 is 5.32 Å². The van der Waals surface area contributed by atoms with Gasteiger partial charge in [0.05, 0.1) is 16.7 Å². The lowest BCUT2D eigenvalue weighted by atomic mass is 9.82. The molecule has 2 N–H and O–H groups in total. The number of carboxylic acid groups (broad SMARTS) is 1. The summed E-state index contributed by atoms with van der Waals surface area (Å²) in [6.45, 7) is 0. The molecule has 2 heterocycles. The van der Waals surface area contributed by atoms with Crippen LogP contribution in [0.25, 0.3) is 9.88 Å². The third-order valence-electron chi connectivity index (χ3n) is 3.47. The Kier molecular flexibility index (Phi) is 4.30. The highest BCUT2D eigenvalue weighted by Crippen LogP contribution is 2.31. The Balaban J connectivity index is 1.71. The summed E-state index contributed by atoms with van der Waals surface area (Å²) in [6, 6.07) is 3.86. The van der Waals surface area contributed by atoms with Gasteiger partial charge in [0.15, 0.2) is 5.01 Å². The molecule has 0 aliphatic heterocycles. The van der Waals surface area contributed by atoms with Crippen LogP contribution >= 0.6 is 22.7 Å². The molecule has 6 nitrogen and oxygen atoms in total. The van der Waals surface area contributed by atoms with Crippen LogP contribution in [0.1, 0.15) is 12.8 Å². The zero-order chi connectivity index (χ0) is 15.5. The number of rotatable bonds is 4. The van der Waals surface area contributed by atoms with Gasteiger partial charge < -0.3 is 10.4 Å². The van der Waals surface area contributed by atoms with Gasteiger partial charge in [-0.1, -0.05) is 29.6 Å². The van der Waals surface area contributed by atoms with E-state index in [4.69, 9.17) is 0 Å². The number of aromatic nitrogens is 2. The van der Waals surface area contributed by atoms with Crippen LogP contribution in [-0.2, 0) is 9.59 Å². The highest BCUT2D eigenvalue weighted by atomic mass is 32.1. The number of anilines is 1. The van der Waals surface area contributed by atoms with Gasteiger partial charge in [0.2, 0.25) is 11.0 Å². The predicted octanol–water partition coefficient (Wildman–Crippen LogP) is 2.87. The van der Waals surface area contributed by atoms with E-state index in [2.05, 4.69) is 15.5 Å². The van der Waals surface area contributed by atoms with Crippen LogP contribution in [0.3, 0.4) is 0 Å². The van der Waals surface area contributed by atoms with Gasteiger partial charge in [-0.3, -0.25) is 9.59 Å². The molecule has 8 heteroatoms. The third kappa shape index (κ3) is 3.07. The SMILES string of the molecule is O=C(O)[C@@H]1CC=CC[C@H]1C(=O)Nc1nnc(-c2cccs2)s1. The standard InChI is InChI=1S/C14H13N3O3S2/c18-11(8-4-1-2-5-9(8)13(19)20)15-14-17-16-12(22-14)10-6-3-7-21-10/h1-3,6-9H,4-5H2,(H,19,20)(H,15,17,18)/t8-,9-/m1/s1. The molecule has 0 spiro atoms. The molecule has 1 amide bonds. The van der Waals surface area contributed by atoms with E-state index < -0.39 is 17.8 Å². The second-order valence-corrected chi connectivity index (χ2v) is 6.80. The third-order valence-corrected chi connectivity index (χ3v) is 5.35. The zero-order valence-corrected chi connectivity index (χ0v) is 13.1. The summed E-state index contributed by atoms with van der Waals surface area (Å²) < 4.78 is 0. The van der Waals surface area contributed by atoms with Crippen molar-refractivity contribution in [1.29, 1.82) is 0 Å². The summed E-state index contributed by atoms with van der Waals surface area (Å²) in [5.41, 5.74) is 0. The van der Waals surface area contributed by atoms with Crippen molar-refractivity contribution in [3.8, 4) is 9.88 Å². The molecule has 22 heavy (non-hydrogen) atoms. The maximum atomic E-state index is 12.3. The van der Waals surface area contributed by atoms with Gasteiger partial charge in [0, 0.05) is 0 Å². The van der Waals surface area contributed by atoms with E-state index >= 15 is 0 Å². The molecule has 0 saturated heterocycles. The quantitative estimate of drug-likeness (QED) is 0.838. The molecule has 0 bridgehead atoms. The van der Waals surface area contributed by atoms with Crippen LogP contribution in [0, 0.1) is 11.8 Å². The van der Waals surface area contributed by atoms with E-state index in [0.29, 0.717) is 18.0 Å². The van der Waals surface area contributed by atoms with E-state index in [0.717, 1.165) is 9.88 Å². The van der Waals surface area contributed by atoms with Crippen LogP contribution in [0.2, 0.25) is 0 Å². The topological polar surface area (TPSA) is 92.2 Å². The van der Waals surface area contributed by atoms with Crippen LogP contribution in [0.4, 0.5) is 5.13 Å². The summed E-state index contributed by atoms with van der Waals surface area (Å²) in [6.07, 6.45) is 4.46. The van der Waals surface area contributed by atoms with Gasteiger partial charge in [-0.05, 0) is 24.3 Å². The lowest BCUT2D eigenvalue weighted by molar-refractivity contribution is -0.146. The van der Waals surface area contributed by atoms with Crippen molar-refractivity contribution < 1.29 is 14.7 Å². The number of allylic oxidation sites excluding steroid dienone is 2. The largest absolute Gasteiger partial charge is 0.481 e. The first-order chi connectivity index (χ1) is 10.6. The summed E-state index contributed by atoms with van der Waals surface area (Å²) in [4.78, 5) is 24.5. The first-order valence-corrected chi connectivity index (χ1v) is 8.41. The Bertz CT molecular complexity index is 709. The van der Waals surface area contributed by atoms with Gasteiger partial charge in [-0.2, -0.15) is 0 Å². The number of thiophene rings is 1. The average Bonchev–Trinajstić information content (AvgIpc) is 3.17. The number of carbonyl (C=O) groups is 2. The van der Waals surface area contributed by atoms with E-state index in [-0.39, 0.29) is 5.91 Å². The molecular weight excluding hydrogens is 322 g/mol. The lowest BCUT2D eigenvalue weighted by Gasteiger charge is -2.23. The van der Waals surface area contributed by atoms with E-state index in [1.54, 1.807) is 11.3 Å². The normalized spacial score (nSPS) is 20.7. The smallest absolute Gasteiger partial charge is 0.307 e. The number of hydrogen-bond acceptors (Lipinski definition) is 6. The molecular formula is C14H13N3O3S2. The maximum absolute atomic E-state index is 12.3. The number of nitrogens with zero attached hydrogens (tertiary/aromatic N) is 2. The van der Waals surface area contributed by atoms with Gasteiger partial charge >= 0.3 is 5.97 Å². The fourth-order valence-corrected chi connectivity index (χ4v) is 3.89. The van der Waals surface area contributed by atoms with Gasteiger partial charge in [0.1, 0.15) is 0 Å². The fourth-order valence-electron chi connectivity index (χ4n) is 2.35. The zero-order valence-electron chi connectivity index (χ0n) is 11.4. The minimum absolute atomic E-state index is 0.314. The summed E-state index contributed by atoms with van der Waals surface area (Å²) in [5.74, 6) is -2.52. The van der Waals surface area contributed by atoms with Crippen molar-refractivity contribution in [1.82, 2.24) is 10.2 Å². The molecule has 114 valence electrons. The van der Waals surface area contributed by atoms with Crippen molar-refractivity contribution in [3.05, 3.63) is 29.7 Å². The average molecular weight is 335 g/mol. The minimum Gasteiger partial charge on any atom is -0.481 e. The van der Waals surface area contributed by atoms with E-state index in [9.17, 15) is 14.7 Å². The van der Waals surface area contributed by atoms with Gasteiger partial charge in [-0.25, -0.2) is 0 Å². The van der Waals surface area contributed by atoms with Crippen molar-refractivity contribution in [2.45, 2.75) is 12.8 Å². The van der Waals surface area contributed by atoms with Gasteiger partial charge in [-0.15, -0.1) is 21.5 Å². The first-order valence-electron chi connectivity index (χ1n) is 6.71. The molecule has 0 saturated carbocycles. The molecule has 1 aliphatic carbocycles. The molecule has 0 fully saturated rings. The maximum Gasteiger partial charge on any atom is 0.307 e. The minimum atomic E-state index is -0.943. The van der Waals surface area contributed by atoms with Crippen LogP contribution in [0.15, 0.2) is 29.7 Å². The van der Waals surface area contributed by atoms with Crippen molar-refractivity contribution in [3.63, 3.8) is 0 Å². The number of carboxylic acids is 1. The van der Waals surface area contributed by atoms with Crippen molar-refractivity contribution in [2.75, 3.05) is 5.32 Å². The number of aliphatic carboxylic acids is 1. The number of amides is 1. The molecule has 2 aromatic rings. The Morgan fingerprint density at radius 3 is 2.68 bits per heavy atom. The molecule has 3 rings (SSSR count). The number of carbonyl (C=O) groups excluding carboxylic acids is 1. The number of hydrogen-bond donors (Lipinski definition) is 2. The second-order valence-electron chi connectivity index (χ2n) is 4.87. The highest BCUT2D eigenvalue weighted by Gasteiger charge is 2.34. The molecule has 0 radical (unpaired) electrons. The molecule has 2 aromatic heterocycles. The predicted molar refractivity (Wildman–Crippen MR) is 84.8 cm³/mol. The molecule has 0 aromatic carbocycles. The first kappa shape index (κ1) is 14.9. The lowest BCUT2D eigenvalue weighted by Crippen LogP contribution is -2.34. The Hall–Kier alpha value is -2.06. The van der Waals surface area contributed by atoms with Crippen LogP contribution in [-0.4, -0.2) is 27.2 Å². The Morgan fingerprint density at radius 1 is 1.23 bits per heavy atom. The van der Waals surface area contributed by atoms with Crippen LogP contribution in [0.5, 0.6) is 0 Å². The molecule has 1 aliphatic rings. The Labute approximate surface area is 134 Å². The molecule has 0 unspecified atom stereocenters. The summed E-state index contributed by atoms with van der Waals surface area (Å²) in [7, 11) is 0. The second kappa shape index (κ2) is 6.37. The summed E-state index contributed by atoms with van der Waals surface area (Å²) >= 11 is 2.83. The van der Waals surface area contributed by atoms with Crippen molar-refractivity contribution in [2.24, 2.45) is 11.8 Å². The summed E-state index contributed by atoms with van der Waals surface area (Å²) in [5, 5.41) is 23.0. The Morgan fingerprint density at radius 2 is 2.00 bits per heavy atom. The highest BCUT2D eigenvalue weighted by molar-refractivity contribution is 7.23. The van der Waals surface area contributed by atoms with E-state index in [1.165, 1.54) is 11.3 Å². The fraction of sp³-hybridized carbons (Fsp3) is 0.286. The van der Waals surface area contributed by atoms with E-state index in [1.807, 2.05) is 29.7 Å². The van der Waals surface area contributed by atoms with Gasteiger partial charge in [0.25, 0.3) is 0 Å². The number of nitrogens with one attached hydrogen (secondary N) is 1. The molecule has 2 atom stereocenters.